The number of carbonyl (C=O) groups excluding carboxylic acids is 3. The molecule has 0 bridgehead atoms. The summed E-state index contributed by atoms with van der Waals surface area (Å²) >= 11 is 0. The number of ether oxygens (including phenoxy) is 1. The molecule has 8 heteroatoms. The molecule has 0 spiro atoms. The number of primary amides is 1. The van der Waals surface area contributed by atoms with Gasteiger partial charge in [0.05, 0.1) is 17.8 Å². The van der Waals surface area contributed by atoms with Gasteiger partial charge in [-0.1, -0.05) is 12.1 Å². The van der Waals surface area contributed by atoms with Crippen molar-refractivity contribution in [1.29, 1.82) is 0 Å². The average Bonchev–Trinajstić information content (AvgIpc) is 3.20. The minimum atomic E-state index is -0.735. The second-order valence-electron chi connectivity index (χ2n) is 7.78. The molecule has 2 aliphatic heterocycles. The summed E-state index contributed by atoms with van der Waals surface area (Å²) in [5, 5.41) is 5.10. The molecular formula is C23H20FN3O4. The topological polar surface area (TPSA) is 111 Å². The van der Waals surface area contributed by atoms with Gasteiger partial charge < -0.3 is 21.1 Å². The quantitative estimate of drug-likeness (QED) is 0.659. The fourth-order valence-corrected chi connectivity index (χ4v) is 3.68. The van der Waals surface area contributed by atoms with Gasteiger partial charge in [0.15, 0.2) is 0 Å². The van der Waals surface area contributed by atoms with E-state index in [4.69, 9.17) is 10.5 Å². The van der Waals surface area contributed by atoms with Crippen LogP contribution in [-0.4, -0.2) is 29.9 Å². The molecule has 0 fully saturated rings. The molecule has 7 nitrogen and oxygen atoms in total. The van der Waals surface area contributed by atoms with Crippen LogP contribution < -0.4 is 16.4 Å². The van der Waals surface area contributed by atoms with E-state index in [1.54, 1.807) is 36.4 Å². The number of halogens is 1. The van der Waals surface area contributed by atoms with Crippen LogP contribution in [0.5, 0.6) is 0 Å². The van der Waals surface area contributed by atoms with Crippen LogP contribution in [0.2, 0.25) is 0 Å². The second-order valence-corrected chi connectivity index (χ2v) is 7.78. The number of allylic oxidation sites excluding steroid dienone is 1. The minimum Gasteiger partial charge on any atom is -0.482 e. The number of hydrogen-bond acceptors (Lipinski definition) is 4. The Hall–Kier alpha value is -3.94. The lowest BCUT2D eigenvalue weighted by molar-refractivity contribution is -0.117. The first-order valence-corrected chi connectivity index (χ1v) is 9.59. The van der Waals surface area contributed by atoms with Crippen molar-refractivity contribution < 1.29 is 23.5 Å². The van der Waals surface area contributed by atoms with Crippen LogP contribution in [0, 0.1) is 5.82 Å². The largest absolute Gasteiger partial charge is 0.482 e. The standard InChI is InChI=1S/C23H20FN3O4/c1-23(2)16(12-3-5-13(6-4-12)21(29)26-11-19(25)28)10-18(31-23)20-15-8-7-14(24)9-17(15)27-22(20)30/h3-10H,11H2,1-2H3,(H2,25,28)(H,26,29)(H,27,30)/b20-18+. The highest BCUT2D eigenvalue weighted by atomic mass is 19.1. The fourth-order valence-electron chi connectivity index (χ4n) is 3.68. The van der Waals surface area contributed by atoms with Crippen molar-refractivity contribution in [2.45, 2.75) is 19.4 Å². The van der Waals surface area contributed by atoms with Crippen LogP contribution in [0.4, 0.5) is 10.1 Å². The van der Waals surface area contributed by atoms with Gasteiger partial charge in [-0.15, -0.1) is 0 Å². The number of nitrogens with one attached hydrogen (secondary N) is 2. The summed E-state index contributed by atoms with van der Waals surface area (Å²) in [7, 11) is 0. The first-order valence-electron chi connectivity index (χ1n) is 9.59. The lowest BCUT2D eigenvalue weighted by Crippen LogP contribution is -2.33. The van der Waals surface area contributed by atoms with Gasteiger partial charge in [-0.25, -0.2) is 4.39 Å². The summed E-state index contributed by atoms with van der Waals surface area (Å²) in [5.74, 6) is -1.43. The van der Waals surface area contributed by atoms with E-state index < -0.39 is 23.2 Å². The van der Waals surface area contributed by atoms with Crippen molar-refractivity contribution in [1.82, 2.24) is 5.32 Å². The van der Waals surface area contributed by atoms with E-state index >= 15 is 0 Å². The van der Waals surface area contributed by atoms with E-state index in [2.05, 4.69) is 10.6 Å². The van der Waals surface area contributed by atoms with Crippen LogP contribution in [0.25, 0.3) is 11.1 Å². The molecule has 158 valence electrons. The predicted octanol–water partition coefficient (Wildman–Crippen LogP) is 2.60. The van der Waals surface area contributed by atoms with Gasteiger partial charge >= 0.3 is 0 Å². The maximum absolute atomic E-state index is 13.5. The zero-order valence-corrected chi connectivity index (χ0v) is 16.9. The molecule has 0 aromatic heterocycles. The molecule has 0 aliphatic carbocycles. The number of amides is 3. The normalized spacial score (nSPS) is 18.7. The molecule has 0 saturated carbocycles. The Kier molecular flexibility index (Phi) is 4.85. The second kappa shape index (κ2) is 7.39. The summed E-state index contributed by atoms with van der Waals surface area (Å²) < 4.78 is 19.6. The van der Waals surface area contributed by atoms with Crippen LogP contribution in [0.3, 0.4) is 0 Å². The number of fused-ring (bicyclic) bond motifs is 1. The molecule has 4 rings (SSSR count). The van der Waals surface area contributed by atoms with Gasteiger partial charge in [-0.2, -0.15) is 0 Å². The first kappa shape index (κ1) is 20.3. The van der Waals surface area contributed by atoms with E-state index in [-0.39, 0.29) is 12.5 Å². The van der Waals surface area contributed by atoms with Crippen molar-refractivity contribution in [3.05, 3.63) is 76.8 Å². The number of anilines is 1. The molecule has 2 aromatic carbocycles. The number of carbonyl (C=O) groups is 3. The third kappa shape index (κ3) is 3.79. The molecule has 2 aliphatic rings. The van der Waals surface area contributed by atoms with E-state index in [0.717, 1.165) is 11.1 Å². The molecule has 0 radical (unpaired) electrons. The molecule has 0 atom stereocenters. The average molecular weight is 421 g/mol. The maximum Gasteiger partial charge on any atom is 0.260 e. The van der Waals surface area contributed by atoms with E-state index in [1.807, 2.05) is 13.8 Å². The summed E-state index contributed by atoms with van der Waals surface area (Å²) in [6, 6.07) is 10.9. The van der Waals surface area contributed by atoms with Gasteiger partial charge in [0, 0.05) is 16.7 Å². The Bertz CT molecular complexity index is 1180. The number of hydrogen-bond donors (Lipinski definition) is 3. The SMILES string of the molecule is CC1(C)O/C(=C2/C(=O)Nc3cc(F)ccc32)C=C1c1ccc(C(=O)NCC(N)=O)cc1. The van der Waals surface area contributed by atoms with E-state index in [0.29, 0.717) is 28.1 Å². The monoisotopic (exact) mass is 421 g/mol. The Labute approximate surface area is 177 Å². The number of nitrogens with two attached hydrogens (primary N) is 1. The molecule has 31 heavy (non-hydrogen) atoms. The molecule has 0 unspecified atom stereocenters. The minimum absolute atomic E-state index is 0.239. The molecule has 2 heterocycles. The Morgan fingerprint density at radius 2 is 1.87 bits per heavy atom. The number of benzene rings is 2. The molecule has 4 N–H and O–H groups in total. The molecule has 0 saturated heterocycles. The summed E-state index contributed by atoms with van der Waals surface area (Å²) in [4.78, 5) is 35.4. The summed E-state index contributed by atoms with van der Waals surface area (Å²) in [6.07, 6.45) is 1.79. The van der Waals surface area contributed by atoms with Crippen molar-refractivity contribution in [3.63, 3.8) is 0 Å². The van der Waals surface area contributed by atoms with Crippen LogP contribution in [0.15, 0.2) is 54.3 Å². The van der Waals surface area contributed by atoms with E-state index in [9.17, 15) is 18.8 Å². The van der Waals surface area contributed by atoms with Crippen LogP contribution >= 0.6 is 0 Å². The molecular weight excluding hydrogens is 401 g/mol. The van der Waals surface area contributed by atoms with Gasteiger partial charge in [-0.05, 0) is 55.8 Å². The maximum atomic E-state index is 13.5. The third-order valence-electron chi connectivity index (χ3n) is 5.14. The lowest BCUT2D eigenvalue weighted by Gasteiger charge is -2.23. The van der Waals surface area contributed by atoms with Crippen molar-refractivity contribution >= 4 is 34.6 Å². The Morgan fingerprint density at radius 3 is 2.55 bits per heavy atom. The van der Waals surface area contributed by atoms with Gasteiger partial charge in [-0.3, -0.25) is 14.4 Å². The highest BCUT2D eigenvalue weighted by Gasteiger charge is 2.38. The highest BCUT2D eigenvalue weighted by Crippen LogP contribution is 2.44. The highest BCUT2D eigenvalue weighted by molar-refractivity contribution is 6.32. The lowest BCUT2D eigenvalue weighted by atomic mass is 9.91. The first-order chi connectivity index (χ1) is 14.7. The van der Waals surface area contributed by atoms with Crippen molar-refractivity contribution in [2.75, 3.05) is 11.9 Å². The molecule has 3 amide bonds. The zero-order valence-electron chi connectivity index (χ0n) is 16.9. The third-order valence-corrected chi connectivity index (χ3v) is 5.14. The molecule has 2 aromatic rings. The van der Waals surface area contributed by atoms with E-state index in [1.165, 1.54) is 12.1 Å². The van der Waals surface area contributed by atoms with Crippen LogP contribution in [0.1, 0.15) is 35.3 Å². The fraction of sp³-hybridized carbons (Fsp3) is 0.174. The van der Waals surface area contributed by atoms with Gasteiger partial charge in [0.2, 0.25) is 5.91 Å². The van der Waals surface area contributed by atoms with Crippen molar-refractivity contribution in [2.24, 2.45) is 5.73 Å². The Morgan fingerprint density at radius 1 is 1.16 bits per heavy atom. The Balaban J connectivity index is 1.67. The smallest absolute Gasteiger partial charge is 0.260 e. The van der Waals surface area contributed by atoms with Crippen LogP contribution in [-0.2, 0) is 14.3 Å². The predicted molar refractivity (Wildman–Crippen MR) is 113 cm³/mol. The summed E-state index contributed by atoms with van der Waals surface area (Å²) in [6.45, 7) is 3.51. The zero-order chi connectivity index (χ0) is 22.3. The van der Waals surface area contributed by atoms with Gasteiger partial charge in [0.1, 0.15) is 17.2 Å². The van der Waals surface area contributed by atoms with Crippen molar-refractivity contribution in [3.8, 4) is 0 Å². The summed E-state index contributed by atoms with van der Waals surface area (Å²) in [5.41, 5.74) is 7.65. The number of rotatable bonds is 4. The van der Waals surface area contributed by atoms with Gasteiger partial charge in [0.25, 0.3) is 11.8 Å².